The van der Waals surface area contributed by atoms with Gasteiger partial charge in [0, 0.05) is 25.9 Å². The highest BCUT2D eigenvalue weighted by Gasteiger charge is 2.28. The zero-order valence-electron chi connectivity index (χ0n) is 16.3. The standard InChI is InChI=1S/C21H23N3O4S/c1-13-8-18-19(10-22-21(18)25)23-20(13)24-6-4-16(5-7-24)28-17-3-2-14-11-29(26,27)12-15(14)9-17/h2-3,8-9,16H,4-7,10-12H2,1H3,(H,22,25). The Labute approximate surface area is 170 Å². The normalized spacial score (nSPS) is 20.3. The summed E-state index contributed by atoms with van der Waals surface area (Å²) in [4.78, 5) is 18.8. The van der Waals surface area contributed by atoms with Crippen LogP contribution in [0.1, 0.15) is 45.6 Å². The Morgan fingerprint density at radius 3 is 2.69 bits per heavy atom. The molecule has 152 valence electrons. The van der Waals surface area contributed by atoms with E-state index in [0.29, 0.717) is 12.1 Å². The zero-order valence-corrected chi connectivity index (χ0v) is 17.1. The lowest BCUT2D eigenvalue weighted by Gasteiger charge is -2.34. The number of sulfone groups is 1. The number of hydrogen-bond donors (Lipinski definition) is 1. The number of anilines is 1. The molecule has 1 aromatic carbocycles. The first-order valence-electron chi connectivity index (χ1n) is 9.90. The molecular formula is C21H23N3O4S. The Morgan fingerprint density at radius 2 is 1.90 bits per heavy atom. The van der Waals surface area contributed by atoms with Gasteiger partial charge in [-0.1, -0.05) is 6.07 Å². The van der Waals surface area contributed by atoms with E-state index in [1.54, 1.807) is 0 Å². The first-order valence-corrected chi connectivity index (χ1v) is 11.7. The van der Waals surface area contributed by atoms with Crippen LogP contribution in [0.25, 0.3) is 0 Å². The van der Waals surface area contributed by atoms with Crippen LogP contribution in [0, 0.1) is 6.92 Å². The highest BCUT2D eigenvalue weighted by Crippen LogP contribution is 2.31. The summed E-state index contributed by atoms with van der Waals surface area (Å²) >= 11 is 0. The van der Waals surface area contributed by atoms with Crippen LogP contribution in [0.3, 0.4) is 0 Å². The van der Waals surface area contributed by atoms with Crippen molar-refractivity contribution in [2.75, 3.05) is 18.0 Å². The van der Waals surface area contributed by atoms with Crippen LogP contribution in [0.2, 0.25) is 0 Å². The topological polar surface area (TPSA) is 88.6 Å². The van der Waals surface area contributed by atoms with Crippen LogP contribution in [0.5, 0.6) is 5.75 Å². The Bertz CT molecular complexity index is 1110. The quantitative estimate of drug-likeness (QED) is 0.829. The minimum Gasteiger partial charge on any atom is -0.490 e. The van der Waals surface area contributed by atoms with Crippen molar-refractivity contribution in [3.05, 3.63) is 52.2 Å². The Hall–Kier alpha value is -2.61. The van der Waals surface area contributed by atoms with Gasteiger partial charge in [-0.2, -0.15) is 0 Å². The van der Waals surface area contributed by atoms with E-state index < -0.39 is 9.84 Å². The molecule has 1 N–H and O–H groups in total. The molecule has 1 fully saturated rings. The van der Waals surface area contributed by atoms with Crippen molar-refractivity contribution >= 4 is 21.6 Å². The number of carbonyl (C=O) groups is 1. The molecule has 4 heterocycles. The number of amides is 1. The Morgan fingerprint density at radius 1 is 1.14 bits per heavy atom. The molecule has 0 aliphatic carbocycles. The van der Waals surface area contributed by atoms with Gasteiger partial charge in [-0.3, -0.25) is 4.79 Å². The van der Waals surface area contributed by atoms with Crippen molar-refractivity contribution in [1.29, 1.82) is 0 Å². The first-order chi connectivity index (χ1) is 13.9. The summed E-state index contributed by atoms with van der Waals surface area (Å²) in [5, 5.41) is 2.82. The molecule has 3 aliphatic heterocycles. The SMILES string of the molecule is Cc1cc2c(nc1N1CCC(Oc3ccc4c(c3)CS(=O)(=O)C4)CC1)CNC2=O. The number of pyridine rings is 1. The van der Waals surface area contributed by atoms with E-state index in [1.807, 2.05) is 31.2 Å². The van der Waals surface area contributed by atoms with Gasteiger partial charge in [0.2, 0.25) is 0 Å². The number of nitrogens with one attached hydrogen (secondary N) is 1. The maximum atomic E-state index is 11.8. The van der Waals surface area contributed by atoms with Crippen LogP contribution < -0.4 is 15.0 Å². The van der Waals surface area contributed by atoms with Gasteiger partial charge >= 0.3 is 0 Å². The van der Waals surface area contributed by atoms with E-state index in [2.05, 4.69) is 10.2 Å². The fourth-order valence-corrected chi connectivity index (χ4v) is 6.00. The van der Waals surface area contributed by atoms with E-state index >= 15 is 0 Å². The predicted octanol–water partition coefficient (Wildman–Crippen LogP) is 2.11. The molecule has 0 saturated carbocycles. The van der Waals surface area contributed by atoms with Crippen LogP contribution >= 0.6 is 0 Å². The molecular weight excluding hydrogens is 390 g/mol. The molecule has 0 spiro atoms. The lowest BCUT2D eigenvalue weighted by Crippen LogP contribution is -2.39. The first kappa shape index (κ1) is 18.4. The monoisotopic (exact) mass is 413 g/mol. The molecule has 7 nitrogen and oxygen atoms in total. The number of carbonyl (C=O) groups excluding carboxylic acids is 1. The molecule has 5 rings (SSSR count). The largest absolute Gasteiger partial charge is 0.490 e. The van der Waals surface area contributed by atoms with E-state index in [1.165, 1.54) is 0 Å². The average molecular weight is 413 g/mol. The molecule has 0 bridgehead atoms. The molecule has 29 heavy (non-hydrogen) atoms. The Kier molecular flexibility index (Phi) is 4.27. The molecule has 8 heteroatoms. The highest BCUT2D eigenvalue weighted by molar-refractivity contribution is 7.90. The number of nitrogens with zero attached hydrogens (tertiary/aromatic N) is 2. The van der Waals surface area contributed by atoms with E-state index in [9.17, 15) is 13.2 Å². The fourth-order valence-electron chi connectivity index (χ4n) is 4.40. The summed E-state index contributed by atoms with van der Waals surface area (Å²) in [6.07, 6.45) is 1.83. The predicted molar refractivity (Wildman–Crippen MR) is 109 cm³/mol. The fraction of sp³-hybridized carbons (Fsp3) is 0.429. The van der Waals surface area contributed by atoms with Gasteiger partial charge < -0.3 is 15.0 Å². The smallest absolute Gasteiger partial charge is 0.253 e. The van der Waals surface area contributed by atoms with Crippen LogP contribution in [0.4, 0.5) is 5.82 Å². The van der Waals surface area contributed by atoms with Gasteiger partial charge in [0.1, 0.15) is 17.7 Å². The Balaban J connectivity index is 1.25. The van der Waals surface area contributed by atoms with Crippen LogP contribution in [-0.4, -0.2) is 38.5 Å². The number of hydrogen-bond acceptors (Lipinski definition) is 6. The van der Waals surface area contributed by atoms with Crippen molar-refractivity contribution < 1.29 is 17.9 Å². The molecule has 2 aromatic rings. The van der Waals surface area contributed by atoms with E-state index in [4.69, 9.17) is 9.72 Å². The van der Waals surface area contributed by atoms with E-state index in [-0.39, 0.29) is 23.5 Å². The van der Waals surface area contributed by atoms with Crippen molar-refractivity contribution in [3.8, 4) is 5.75 Å². The molecule has 1 saturated heterocycles. The van der Waals surface area contributed by atoms with Gasteiger partial charge in [0.25, 0.3) is 5.91 Å². The third-order valence-corrected chi connectivity index (χ3v) is 7.40. The summed E-state index contributed by atoms with van der Waals surface area (Å²) in [7, 11) is -3.00. The second kappa shape index (κ2) is 6.73. The summed E-state index contributed by atoms with van der Waals surface area (Å²) < 4.78 is 29.8. The minimum atomic E-state index is -3.00. The van der Waals surface area contributed by atoms with Crippen LogP contribution in [0.15, 0.2) is 24.3 Å². The summed E-state index contributed by atoms with van der Waals surface area (Å²) in [5.74, 6) is 1.89. The van der Waals surface area contributed by atoms with Gasteiger partial charge in [-0.15, -0.1) is 0 Å². The number of ether oxygens (including phenoxy) is 1. The molecule has 0 unspecified atom stereocenters. The van der Waals surface area contributed by atoms with Crippen molar-refractivity contribution in [1.82, 2.24) is 10.3 Å². The summed E-state index contributed by atoms with van der Waals surface area (Å²) in [6, 6.07) is 7.56. The maximum Gasteiger partial charge on any atom is 0.253 e. The van der Waals surface area contributed by atoms with Gasteiger partial charge in [0.05, 0.1) is 29.3 Å². The van der Waals surface area contributed by atoms with Crippen molar-refractivity contribution in [2.45, 2.75) is 43.9 Å². The van der Waals surface area contributed by atoms with Crippen molar-refractivity contribution in [3.63, 3.8) is 0 Å². The number of fused-ring (bicyclic) bond motifs is 2. The average Bonchev–Trinajstić information content (AvgIpc) is 3.19. The lowest BCUT2D eigenvalue weighted by molar-refractivity contribution is 0.0965. The molecule has 3 aliphatic rings. The maximum absolute atomic E-state index is 11.8. The molecule has 1 aromatic heterocycles. The van der Waals surface area contributed by atoms with E-state index in [0.717, 1.165) is 59.9 Å². The zero-order chi connectivity index (χ0) is 20.2. The number of aryl methyl sites for hydroxylation is 1. The number of aromatic nitrogens is 1. The third-order valence-electron chi connectivity index (χ3n) is 5.90. The second-order valence-corrected chi connectivity index (χ2v) is 10.1. The van der Waals surface area contributed by atoms with Gasteiger partial charge in [0.15, 0.2) is 9.84 Å². The second-order valence-electron chi connectivity index (χ2n) is 8.07. The third kappa shape index (κ3) is 3.46. The number of rotatable bonds is 3. The molecule has 1 amide bonds. The molecule has 0 radical (unpaired) electrons. The highest BCUT2D eigenvalue weighted by atomic mass is 32.2. The van der Waals surface area contributed by atoms with Crippen LogP contribution in [-0.2, 0) is 27.9 Å². The summed E-state index contributed by atoms with van der Waals surface area (Å²) in [5.41, 5.74) is 4.27. The number of piperidine rings is 1. The lowest BCUT2D eigenvalue weighted by atomic mass is 10.1. The molecule has 0 atom stereocenters. The number of benzene rings is 1. The van der Waals surface area contributed by atoms with Gasteiger partial charge in [-0.25, -0.2) is 13.4 Å². The van der Waals surface area contributed by atoms with Crippen molar-refractivity contribution in [2.24, 2.45) is 0 Å². The van der Waals surface area contributed by atoms with Gasteiger partial charge in [-0.05, 0) is 41.8 Å². The summed E-state index contributed by atoms with van der Waals surface area (Å²) in [6.45, 7) is 4.15. The minimum absolute atomic E-state index is 0.0450.